The fourth-order valence-electron chi connectivity index (χ4n) is 3.85. The van der Waals surface area contributed by atoms with Gasteiger partial charge in [-0.15, -0.1) is 0 Å². The van der Waals surface area contributed by atoms with Crippen LogP contribution in [0.2, 0.25) is 10.0 Å². The highest BCUT2D eigenvalue weighted by Gasteiger charge is 2.30. The van der Waals surface area contributed by atoms with Gasteiger partial charge < -0.3 is 15.0 Å². The first-order chi connectivity index (χ1) is 16.8. The average Bonchev–Trinajstić information content (AvgIpc) is 2.85. The van der Waals surface area contributed by atoms with E-state index in [-0.39, 0.29) is 25.0 Å². The van der Waals surface area contributed by atoms with E-state index in [1.165, 1.54) is 0 Å². The number of halogens is 2. The van der Waals surface area contributed by atoms with Crippen LogP contribution in [0, 0.1) is 13.8 Å². The number of hydrogen-bond acceptors (Lipinski definition) is 3. The molecule has 0 heterocycles. The lowest BCUT2D eigenvalue weighted by Gasteiger charge is -2.31. The maximum atomic E-state index is 13.5. The number of rotatable bonds is 10. The first-order valence-corrected chi connectivity index (χ1v) is 12.3. The lowest BCUT2D eigenvalue weighted by Crippen LogP contribution is -2.51. The Hall–Kier alpha value is -3.02. The number of nitrogens with one attached hydrogen (secondary N) is 1. The first-order valence-electron chi connectivity index (χ1n) is 11.5. The SMILES string of the molecule is CCNC(=O)[C@H](Cc1ccccc1)N(Cc1ccc(Cl)cc1)C(=O)COc1cc(C)c(Cl)c(C)c1. The molecule has 0 radical (unpaired) electrons. The van der Waals surface area contributed by atoms with E-state index in [0.29, 0.717) is 28.8 Å². The van der Waals surface area contributed by atoms with E-state index in [1.54, 1.807) is 29.2 Å². The van der Waals surface area contributed by atoms with Gasteiger partial charge in [0.25, 0.3) is 5.91 Å². The lowest BCUT2D eigenvalue weighted by atomic mass is 10.0. The highest BCUT2D eigenvalue weighted by atomic mass is 35.5. The maximum absolute atomic E-state index is 13.5. The van der Waals surface area contributed by atoms with Crippen LogP contribution in [-0.4, -0.2) is 35.9 Å². The van der Waals surface area contributed by atoms with E-state index in [4.69, 9.17) is 27.9 Å². The van der Waals surface area contributed by atoms with E-state index in [0.717, 1.165) is 22.3 Å². The Morgan fingerprint density at radius 1 is 0.943 bits per heavy atom. The Balaban J connectivity index is 1.89. The van der Waals surface area contributed by atoms with E-state index >= 15 is 0 Å². The summed E-state index contributed by atoms with van der Waals surface area (Å²) in [5.41, 5.74) is 3.57. The maximum Gasteiger partial charge on any atom is 0.261 e. The van der Waals surface area contributed by atoms with Gasteiger partial charge in [-0.2, -0.15) is 0 Å². The third-order valence-corrected chi connectivity index (χ3v) is 6.51. The highest BCUT2D eigenvalue weighted by Crippen LogP contribution is 2.26. The molecule has 35 heavy (non-hydrogen) atoms. The summed E-state index contributed by atoms with van der Waals surface area (Å²) >= 11 is 12.3. The molecule has 0 aliphatic heterocycles. The van der Waals surface area contributed by atoms with Crippen molar-refractivity contribution >= 4 is 35.0 Å². The van der Waals surface area contributed by atoms with E-state index in [2.05, 4.69) is 5.32 Å². The number of carbonyl (C=O) groups is 2. The Kier molecular flexibility index (Phi) is 9.58. The molecule has 0 saturated heterocycles. The van der Waals surface area contributed by atoms with Crippen molar-refractivity contribution in [3.63, 3.8) is 0 Å². The molecule has 3 rings (SSSR count). The lowest BCUT2D eigenvalue weighted by molar-refractivity contribution is -0.142. The predicted molar refractivity (Wildman–Crippen MR) is 141 cm³/mol. The molecule has 2 amide bonds. The van der Waals surface area contributed by atoms with Crippen LogP contribution >= 0.6 is 23.2 Å². The highest BCUT2D eigenvalue weighted by molar-refractivity contribution is 6.32. The van der Waals surface area contributed by atoms with Gasteiger partial charge in [-0.3, -0.25) is 9.59 Å². The van der Waals surface area contributed by atoms with Crippen molar-refractivity contribution in [3.8, 4) is 5.75 Å². The second kappa shape index (κ2) is 12.6. The van der Waals surface area contributed by atoms with Crippen molar-refractivity contribution in [3.05, 3.63) is 99.0 Å². The van der Waals surface area contributed by atoms with Crippen LogP contribution in [-0.2, 0) is 22.6 Å². The summed E-state index contributed by atoms with van der Waals surface area (Å²) in [6, 6.07) is 19.8. The zero-order valence-electron chi connectivity index (χ0n) is 20.2. The number of likely N-dealkylation sites (N-methyl/N-ethyl adjacent to an activating group) is 1. The first kappa shape index (κ1) is 26.6. The second-order valence-corrected chi connectivity index (χ2v) is 9.22. The summed E-state index contributed by atoms with van der Waals surface area (Å²) in [4.78, 5) is 28.3. The molecule has 1 atom stereocenters. The molecule has 0 bridgehead atoms. The zero-order valence-corrected chi connectivity index (χ0v) is 21.7. The van der Waals surface area contributed by atoms with Gasteiger partial charge in [-0.1, -0.05) is 65.7 Å². The van der Waals surface area contributed by atoms with Gasteiger partial charge >= 0.3 is 0 Å². The van der Waals surface area contributed by atoms with Gasteiger partial charge in [0, 0.05) is 29.6 Å². The molecule has 0 aliphatic rings. The van der Waals surface area contributed by atoms with Gasteiger partial charge in [0.2, 0.25) is 5.91 Å². The number of hydrogen-bond donors (Lipinski definition) is 1. The summed E-state index contributed by atoms with van der Waals surface area (Å²) in [7, 11) is 0. The summed E-state index contributed by atoms with van der Waals surface area (Å²) < 4.78 is 5.86. The molecule has 1 N–H and O–H groups in total. The molecular formula is C28H30Cl2N2O3. The molecule has 0 aliphatic carbocycles. The molecule has 5 nitrogen and oxygen atoms in total. The van der Waals surface area contributed by atoms with Crippen molar-refractivity contribution in [1.82, 2.24) is 10.2 Å². The van der Waals surface area contributed by atoms with E-state index in [9.17, 15) is 9.59 Å². The summed E-state index contributed by atoms with van der Waals surface area (Å²) in [6.45, 7) is 6.14. The molecule has 0 aromatic heterocycles. The Bertz CT molecular complexity index is 1130. The number of nitrogens with zero attached hydrogens (tertiary/aromatic N) is 1. The minimum absolute atomic E-state index is 0.210. The Morgan fingerprint density at radius 2 is 1.57 bits per heavy atom. The van der Waals surface area contributed by atoms with Crippen molar-refractivity contribution in [2.45, 2.75) is 39.8 Å². The molecule has 184 valence electrons. The number of ether oxygens (including phenoxy) is 1. The van der Waals surface area contributed by atoms with Crippen molar-refractivity contribution in [1.29, 1.82) is 0 Å². The fraction of sp³-hybridized carbons (Fsp3) is 0.286. The normalized spacial score (nSPS) is 11.6. The van der Waals surface area contributed by atoms with Crippen LogP contribution in [0.4, 0.5) is 0 Å². The van der Waals surface area contributed by atoms with Crippen molar-refractivity contribution in [2.75, 3.05) is 13.2 Å². The quantitative estimate of drug-likeness (QED) is 0.375. The van der Waals surface area contributed by atoms with Crippen LogP contribution in [0.25, 0.3) is 0 Å². The van der Waals surface area contributed by atoms with Gasteiger partial charge in [0.05, 0.1) is 0 Å². The Morgan fingerprint density at radius 3 is 2.17 bits per heavy atom. The van der Waals surface area contributed by atoms with Gasteiger partial charge in [-0.05, 0) is 67.3 Å². The molecule has 0 unspecified atom stereocenters. The minimum Gasteiger partial charge on any atom is -0.484 e. The summed E-state index contributed by atoms with van der Waals surface area (Å²) in [5, 5.41) is 4.16. The largest absolute Gasteiger partial charge is 0.484 e. The second-order valence-electron chi connectivity index (χ2n) is 8.41. The molecule has 0 spiro atoms. The standard InChI is InChI=1S/C28H30Cl2N2O3/c1-4-31-28(34)25(16-21-8-6-5-7-9-21)32(17-22-10-12-23(29)13-11-22)26(33)18-35-24-14-19(2)27(30)20(3)15-24/h5-15,25H,4,16-18H2,1-3H3,(H,31,34)/t25-/m0/s1. The monoisotopic (exact) mass is 512 g/mol. The number of carbonyl (C=O) groups excluding carboxylic acids is 2. The van der Waals surface area contributed by atoms with Crippen LogP contribution in [0.5, 0.6) is 5.75 Å². The number of aryl methyl sites for hydroxylation is 2. The number of benzene rings is 3. The third-order valence-electron chi connectivity index (χ3n) is 5.66. The molecule has 0 saturated carbocycles. The van der Waals surface area contributed by atoms with Gasteiger partial charge in [0.1, 0.15) is 11.8 Å². The molecule has 7 heteroatoms. The minimum atomic E-state index is -0.710. The van der Waals surface area contributed by atoms with Crippen LogP contribution in [0.3, 0.4) is 0 Å². The molecule has 0 fully saturated rings. The topological polar surface area (TPSA) is 58.6 Å². The van der Waals surface area contributed by atoms with Gasteiger partial charge in [-0.25, -0.2) is 0 Å². The van der Waals surface area contributed by atoms with Crippen molar-refractivity contribution in [2.24, 2.45) is 0 Å². The van der Waals surface area contributed by atoms with E-state index in [1.807, 2.05) is 63.2 Å². The van der Waals surface area contributed by atoms with Crippen LogP contribution in [0.15, 0.2) is 66.7 Å². The summed E-state index contributed by atoms with van der Waals surface area (Å²) in [6.07, 6.45) is 0.380. The summed E-state index contributed by atoms with van der Waals surface area (Å²) in [5.74, 6) is 0.0519. The smallest absolute Gasteiger partial charge is 0.261 e. The van der Waals surface area contributed by atoms with Crippen LogP contribution in [0.1, 0.15) is 29.2 Å². The zero-order chi connectivity index (χ0) is 25.4. The van der Waals surface area contributed by atoms with Crippen molar-refractivity contribution < 1.29 is 14.3 Å². The van der Waals surface area contributed by atoms with Crippen LogP contribution < -0.4 is 10.1 Å². The third kappa shape index (κ3) is 7.48. The molecular weight excluding hydrogens is 483 g/mol. The molecule has 3 aromatic rings. The average molecular weight is 513 g/mol. The number of amides is 2. The predicted octanol–water partition coefficient (Wildman–Crippen LogP) is 5.77. The fourth-order valence-corrected chi connectivity index (χ4v) is 4.09. The molecule has 3 aromatic carbocycles. The van der Waals surface area contributed by atoms with Gasteiger partial charge in [0.15, 0.2) is 6.61 Å². The Labute approximate surface area is 217 Å². The van der Waals surface area contributed by atoms with E-state index < -0.39 is 6.04 Å².